The average molecular weight is 421 g/mol. The molecule has 0 atom stereocenters. The summed E-state index contributed by atoms with van der Waals surface area (Å²) < 4.78 is 0. The minimum absolute atomic E-state index is 0.0842. The van der Waals surface area contributed by atoms with E-state index < -0.39 is 0 Å². The zero-order chi connectivity index (χ0) is 19.8. The first kappa shape index (κ1) is 18.4. The first-order valence-electron chi connectivity index (χ1n) is 9.67. The molecule has 0 aliphatic heterocycles. The number of nitrogens with zero attached hydrogens (tertiary/aromatic N) is 2. The maximum absolute atomic E-state index is 12.5. The van der Waals surface area contributed by atoms with Gasteiger partial charge in [0.25, 0.3) is 0 Å². The zero-order valence-electron chi connectivity index (χ0n) is 15.8. The van der Waals surface area contributed by atoms with E-state index in [1.165, 1.54) is 35.0 Å². The number of benzene rings is 2. The fourth-order valence-corrected chi connectivity index (χ4v) is 5.86. The van der Waals surface area contributed by atoms with E-state index in [0.29, 0.717) is 11.0 Å². The van der Waals surface area contributed by atoms with Crippen LogP contribution in [-0.4, -0.2) is 21.6 Å². The van der Waals surface area contributed by atoms with E-state index in [1.807, 2.05) is 42.5 Å². The Morgan fingerprint density at radius 1 is 1.10 bits per heavy atom. The van der Waals surface area contributed by atoms with Crippen LogP contribution in [0.2, 0.25) is 0 Å². The third-order valence-corrected chi connectivity index (χ3v) is 7.25. The van der Waals surface area contributed by atoms with Crippen molar-refractivity contribution in [3.63, 3.8) is 0 Å². The van der Waals surface area contributed by atoms with E-state index in [0.717, 1.165) is 39.5 Å². The van der Waals surface area contributed by atoms with Crippen molar-refractivity contribution < 1.29 is 4.79 Å². The van der Waals surface area contributed by atoms with Gasteiger partial charge in [-0.25, -0.2) is 9.97 Å². The Morgan fingerprint density at radius 3 is 2.86 bits per heavy atom. The first-order valence-corrected chi connectivity index (χ1v) is 11.5. The Labute approximate surface area is 176 Å². The predicted molar refractivity (Wildman–Crippen MR) is 122 cm³/mol. The summed E-state index contributed by atoms with van der Waals surface area (Å²) in [6, 6.07) is 13.9. The van der Waals surface area contributed by atoms with Gasteiger partial charge >= 0.3 is 0 Å². The number of nitrogen functional groups attached to an aromatic ring is 1. The third kappa shape index (κ3) is 3.56. The number of rotatable bonds is 4. The molecule has 1 aliphatic rings. The highest BCUT2D eigenvalue weighted by Crippen LogP contribution is 2.38. The number of carbonyl (C=O) groups excluding carboxylic acids is 1. The number of aromatic nitrogens is 2. The highest BCUT2D eigenvalue weighted by atomic mass is 32.2. The molecule has 4 aromatic rings. The van der Waals surface area contributed by atoms with Gasteiger partial charge in [-0.1, -0.05) is 48.2 Å². The Bertz CT molecular complexity index is 1230. The minimum atomic E-state index is -0.0842. The molecule has 2 aromatic carbocycles. The summed E-state index contributed by atoms with van der Waals surface area (Å²) in [7, 11) is 0. The summed E-state index contributed by atoms with van der Waals surface area (Å²) in [5, 5.41) is 6.71. The molecule has 5 nitrogen and oxygen atoms in total. The second kappa shape index (κ2) is 7.65. The zero-order valence-corrected chi connectivity index (χ0v) is 17.4. The molecule has 0 fully saturated rings. The molecule has 29 heavy (non-hydrogen) atoms. The van der Waals surface area contributed by atoms with Gasteiger partial charge in [0.15, 0.2) is 5.16 Å². The molecule has 2 aromatic heterocycles. The molecule has 7 heteroatoms. The second-order valence-electron chi connectivity index (χ2n) is 7.15. The number of carbonyl (C=O) groups is 1. The summed E-state index contributed by atoms with van der Waals surface area (Å²) in [5.41, 5.74) is 8.41. The van der Waals surface area contributed by atoms with Crippen LogP contribution in [0.1, 0.15) is 23.3 Å². The predicted octanol–water partition coefficient (Wildman–Crippen LogP) is 5.04. The SMILES string of the molecule is Nc1nc(SCC(=O)Nc2cccc3ccccc23)nc2sc3c(c12)CCCC3. The third-order valence-electron chi connectivity index (χ3n) is 5.22. The van der Waals surface area contributed by atoms with Crippen molar-refractivity contribution in [2.75, 3.05) is 16.8 Å². The molecule has 2 heterocycles. The number of nitrogens with one attached hydrogen (secondary N) is 1. The number of hydrogen-bond acceptors (Lipinski definition) is 6. The molecule has 5 rings (SSSR count). The molecule has 146 valence electrons. The highest BCUT2D eigenvalue weighted by molar-refractivity contribution is 7.99. The van der Waals surface area contributed by atoms with Gasteiger partial charge in [0, 0.05) is 16.0 Å². The molecule has 0 unspecified atom stereocenters. The first-order chi connectivity index (χ1) is 14.2. The van der Waals surface area contributed by atoms with Crippen LogP contribution in [0.3, 0.4) is 0 Å². The lowest BCUT2D eigenvalue weighted by molar-refractivity contribution is -0.113. The Kier molecular flexibility index (Phi) is 4.85. The molecular formula is C22H20N4OS2. The summed E-state index contributed by atoms with van der Waals surface area (Å²) in [6.45, 7) is 0. The van der Waals surface area contributed by atoms with Crippen LogP contribution in [0.25, 0.3) is 21.0 Å². The number of anilines is 2. The standard InChI is InChI=1S/C22H20N4OS2/c23-20-19-15-9-3-4-11-17(15)29-21(19)26-22(25-20)28-12-18(27)24-16-10-5-7-13-6-1-2-8-14(13)16/h1-2,5-8,10H,3-4,9,11-12H2,(H,24,27)(H2,23,25,26). The van der Waals surface area contributed by atoms with Gasteiger partial charge in [0.05, 0.1) is 11.1 Å². The van der Waals surface area contributed by atoms with E-state index in [4.69, 9.17) is 5.73 Å². The van der Waals surface area contributed by atoms with Crippen LogP contribution in [0, 0.1) is 0 Å². The number of amides is 1. The van der Waals surface area contributed by atoms with Gasteiger partial charge in [-0.3, -0.25) is 4.79 Å². The van der Waals surface area contributed by atoms with E-state index in [2.05, 4.69) is 15.3 Å². The molecule has 0 saturated heterocycles. The van der Waals surface area contributed by atoms with E-state index in [-0.39, 0.29) is 11.7 Å². The summed E-state index contributed by atoms with van der Waals surface area (Å²) in [4.78, 5) is 24.0. The lowest BCUT2D eigenvalue weighted by Crippen LogP contribution is -2.14. The van der Waals surface area contributed by atoms with Gasteiger partial charge in [0.2, 0.25) is 5.91 Å². The summed E-state index contributed by atoms with van der Waals surface area (Å²) in [6.07, 6.45) is 4.58. The van der Waals surface area contributed by atoms with Crippen LogP contribution in [0.5, 0.6) is 0 Å². The maximum atomic E-state index is 12.5. The number of thioether (sulfide) groups is 1. The van der Waals surface area contributed by atoms with E-state index in [9.17, 15) is 4.79 Å². The van der Waals surface area contributed by atoms with Crippen LogP contribution < -0.4 is 11.1 Å². The summed E-state index contributed by atoms with van der Waals surface area (Å²) >= 11 is 3.04. The van der Waals surface area contributed by atoms with Crippen molar-refractivity contribution in [1.29, 1.82) is 0 Å². The molecule has 0 saturated carbocycles. The smallest absolute Gasteiger partial charge is 0.234 e. The number of fused-ring (bicyclic) bond motifs is 4. The quantitative estimate of drug-likeness (QED) is 0.357. The van der Waals surface area contributed by atoms with Crippen molar-refractivity contribution >= 4 is 61.5 Å². The van der Waals surface area contributed by atoms with Crippen molar-refractivity contribution in [2.24, 2.45) is 0 Å². The molecule has 0 spiro atoms. The largest absolute Gasteiger partial charge is 0.383 e. The minimum Gasteiger partial charge on any atom is -0.383 e. The Morgan fingerprint density at radius 2 is 1.93 bits per heavy atom. The molecule has 0 radical (unpaired) electrons. The average Bonchev–Trinajstić information content (AvgIpc) is 3.11. The van der Waals surface area contributed by atoms with Crippen molar-refractivity contribution in [3.8, 4) is 0 Å². The van der Waals surface area contributed by atoms with Crippen LogP contribution in [0.15, 0.2) is 47.6 Å². The fraction of sp³-hybridized carbons (Fsp3) is 0.227. The summed E-state index contributed by atoms with van der Waals surface area (Å²) in [5.74, 6) is 0.685. The van der Waals surface area contributed by atoms with Crippen molar-refractivity contribution in [1.82, 2.24) is 9.97 Å². The normalized spacial score (nSPS) is 13.5. The number of thiophene rings is 1. The maximum Gasteiger partial charge on any atom is 0.234 e. The molecule has 0 bridgehead atoms. The van der Waals surface area contributed by atoms with E-state index >= 15 is 0 Å². The second-order valence-corrected chi connectivity index (χ2v) is 9.17. The van der Waals surface area contributed by atoms with Gasteiger partial charge < -0.3 is 11.1 Å². The topological polar surface area (TPSA) is 80.9 Å². The highest BCUT2D eigenvalue weighted by Gasteiger charge is 2.20. The molecule has 3 N–H and O–H groups in total. The number of nitrogens with two attached hydrogens (primary N) is 1. The molecule has 1 aliphatic carbocycles. The van der Waals surface area contributed by atoms with E-state index in [1.54, 1.807) is 11.3 Å². The monoisotopic (exact) mass is 420 g/mol. The van der Waals surface area contributed by atoms with Gasteiger partial charge in [-0.15, -0.1) is 11.3 Å². The van der Waals surface area contributed by atoms with Gasteiger partial charge in [0.1, 0.15) is 10.6 Å². The van der Waals surface area contributed by atoms with Crippen LogP contribution in [-0.2, 0) is 17.6 Å². The molecular weight excluding hydrogens is 400 g/mol. The van der Waals surface area contributed by atoms with Crippen molar-refractivity contribution in [3.05, 3.63) is 52.9 Å². The van der Waals surface area contributed by atoms with Crippen molar-refractivity contribution in [2.45, 2.75) is 30.8 Å². The fourth-order valence-electron chi connectivity index (χ4n) is 3.88. The lowest BCUT2D eigenvalue weighted by Gasteiger charge is -2.11. The van der Waals surface area contributed by atoms with Crippen LogP contribution >= 0.6 is 23.1 Å². The Balaban J connectivity index is 1.33. The van der Waals surface area contributed by atoms with Gasteiger partial charge in [-0.2, -0.15) is 0 Å². The van der Waals surface area contributed by atoms with Crippen LogP contribution in [0.4, 0.5) is 11.5 Å². The lowest BCUT2D eigenvalue weighted by atomic mass is 9.97. The van der Waals surface area contributed by atoms with Gasteiger partial charge in [-0.05, 0) is 42.7 Å². The number of hydrogen-bond donors (Lipinski definition) is 2. The Hall–Kier alpha value is -2.64. The molecule has 1 amide bonds. The number of aryl methyl sites for hydroxylation is 2.